The van der Waals surface area contributed by atoms with Crippen molar-refractivity contribution in [2.45, 2.75) is 26.4 Å². The Morgan fingerprint density at radius 3 is 2.67 bits per heavy atom. The lowest BCUT2D eigenvalue weighted by Gasteiger charge is -2.15. The quantitative estimate of drug-likeness (QED) is 0.315. The Hall–Kier alpha value is -4.41. The molecule has 0 unspecified atom stereocenters. The first-order valence-corrected chi connectivity index (χ1v) is 10.2. The van der Waals surface area contributed by atoms with E-state index in [-0.39, 0.29) is 34.9 Å². The first-order chi connectivity index (χ1) is 15.9. The normalized spacial score (nSPS) is 11.9. The molecule has 0 aliphatic rings. The van der Waals surface area contributed by atoms with Crippen LogP contribution >= 0.6 is 0 Å². The van der Waals surface area contributed by atoms with Crippen LogP contribution in [-0.2, 0) is 4.79 Å². The van der Waals surface area contributed by atoms with Gasteiger partial charge in [-0.3, -0.25) is 4.79 Å². The summed E-state index contributed by atoms with van der Waals surface area (Å²) in [4.78, 5) is 30.6. The van der Waals surface area contributed by atoms with Gasteiger partial charge in [0.15, 0.2) is 11.6 Å². The lowest BCUT2D eigenvalue weighted by molar-refractivity contribution is -0.145. The summed E-state index contributed by atoms with van der Waals surface area (Å²) in [6, 6.07) is 9.74. The van der Waals surface area contributed by atoms with Gasteiger partial charge in [-0.05, 0) is 48.7 Å². The molecule has 0 amide bonds. The molecule has 1 atom stereocenters. The van der Waals surface area contributed by atoms with Crippen molar-refractivity contribution in [3.8, 4) is 39.8 Å². The maximum absolute atomic E-state index is 12.3. The number of carbonyl (C=O) groups is 1. The second-order valence-corrected chi connectivity index (χ2v) is 7.12. The molecule has 0 radical (unpaired) electrons. The summed E-state index contributed by atoms with van der Waals surface area (Å²) >= 11 is 0. The van der Waals surface area contributed by atoms with E-state index in [2.05, 4.69) is 25.4 Å². The summed E-state index contributed by atoms with van der Waals surface area (Å²) in [6.45, 7) is 3.88. The van der Waals surface area contributed by atoms with Crippen LogP contribution < -0.4 is 15.0 Å². The summed E-state index contributed by atoms with van der Waals surface area (Å²) in [6.07, 6.45) is -0.764. The van der Waals surface area contributed by atoms with E-state index < -0.39 is 17.6 Å². The number of hydrogen-bond donors (Lipinski definition) is 4. The predicted octanol–water partition coefficient (Wildman–Crippen LogP) is 2.72. The Labute approximate surface area is 187 Å². The number of carboxylic acids is 1. The molecule has 0 aliphatic heterocycles. The van der Waals surface area contributed by atoms with Crippen LogP contribution in [0.5, 0.6) is 17.2 Å². The number of aromatic hydroxyl groups is 1. The smallest absolute Gasteiger partial charge is 0.344 e. The minimum Gasteiger partial charge on any atom is -0.508 e. The molecule has 0 aliphatic carbocycles. The second-order valence-electron chi connectivity index (χ2n) is 7.12. The van der Waals surface area contributed by atoms with Gasteiger partial charge in [-0.1, -0.05) is 13.0 Å². The van der Waals surface area contributed by atoms with E-state index in [4.69, 9.17) is 9.47 Å². The molecule has 4 aromatic rings. The van der Waals surface area contributed by atoms with E-state index in [0.29, 0.717) is 29.0 Å². The summed E-state index contributed by atoms with van der Waals surface area (Å²) in [5, 5.41) is 29.4. The van der Waals surface area contributed by atoms with Gasteiger partial charge < -0.3 is 24.7 Å². The van der Waals surface area contributed by atoms with Crippen LogP contribution in [0.2, 0.25) is 0 Å². The summed E-state index contributed by atoms with van der Waals surface area (Å²) in [5.41, 5.74) is 1.65. The zero-order chi connectivity index (χ0) is 23.5. The standard InChI is InChI=1S/C22H21N5O6/c1-3-16(22(30)31)33-14-8-12(7-13(28)10-14)11-5-6-15(17(9-11)32-4-2)19-23-20-18(21(29)24-19)25-27-26-20/h5-10,16,28H,3-4H2,1-2H3,(H,30,31)(H2,23,24,25,26,27,29)/t16-/m0/s1. The third kappa shape index (κ3) is 4.47. The highest BCUT2D eigenvalue weighted by molar-refractivity contribution is 5.77. The third-order valence-electron chi connectivity index (χ3n) is 4.88. The molecule has 0 saturated heterocycles. The zero-order valence-corrected chi connectivity index (χ0v) is 17.8. The Morgan fingerprint density at radius 2 is 1.94 bits per heavy atom. The highest BCUT2D eigenvalue weighted by atomic mass is 16.5. The molecule has 4 rings (SSSR count). The lowest BCUT2D eigenvalue weighted by atomic mass is 10.0. The number of rotatable bonds is 8. The van der Waals surface area contributed by atoms with Gasteiger partial charge in [-0.2, -0.15) is 5.21 Å². The fourth-order valence-electron chi connectivity index (χ4n) is 3.35. The van der Waals surface area contributed by atoms with E-state index >= 15 is 0 Å². The van der Waals surface area contributed by atoms with Crippen LogP contribution in [0.15, 0.2) is 41.2 Å². The molecular formula is C22H21N5O6. The molecule has 0 bridgehead atoms. The van der Waals surface area contributed by atoms with Crippen molar-refractivity contribution in [1.82, 2.24) is 25.4 Å². The molecule has 2 heterocycles. The average Bonchev–Trinajstić information content (AvgIpc) is 3.26. The first-order valence-electron chi connectivity index (χ1n) is 10.2. The van der Waals surface area contributed by atoms with Gasteiger partial charge in [0.05, 0.1) is 12.2 Å². The van der Waals surface area contributed by atoms with Crippen LogP contribution in [0, 0.1) is 0 Å². The van der Waals surface area contributed by atoms with Gasteiger partial charge in [0, 0.05) is 6.07 Å². The fourth-order valence-corrected chi connectivity index (χ4v) is 3.35. The number of hydrogen-bond acceptors (Lipinski definition) is 8. The number of aromatic amines is 2. The minimum absolute atomic E-state index is 0.0766. The van der Waals surface area contributed by atoms with Crippen LogP contribution in [0.4, 0.5) is 0 Å². The Morgan fingerprint density at radius 1 is 1.12 bits per heavy atom. The molecule has 0 saturated carbocycles. The van der Waals surface area contributed by atoms with Gasteiger partial charge in [0.25, 0.3) is 5.56 Å². The Bertz CT molecular complexity index is 1380. The monoisotopic (exact) mass is 451 g/mol. The van der Waals surface area contributed by atoms with Crippen molar-refractivity contribution < 1.29 is 24.5 Å². The number of H-pyrrole nitrogens is 2. The van der Waals surface area contributed by atoms with Crippen molar-refractivity contribution in [2.75, 3.05) is 6.61 Å². The number of fused-ring (bicyclic) bond motifs is 1. The molecular weight excluding hydrogens is 430 g/mol. The van der Waals surface area contributed by atoms with Crippen molar-refractivity contribution in [1.29, 1.82) is 0 Å². The number of aliphatic carboxylic acids is 1. The van der Waals surface area contributed by atoms with Crippen LogP contribution in [0.3, 0.4) is 0 Å². The summed E-state index contributed by atoms with van der Waals surface area (Å²) in [5.74, 6) is -0.223. The number of phenolic OH excluding ortho intramolecular Hbond substituents is 1. The SMILES string of the molecule is CCOc1cc(-c2cc(O)cc(O[C@@H](CC)C(=O)O)c2)ccc1-c1nc2n[nH]nc2c(=O)[nH]1. The summed E-state index contributed by atoms with van der Waals surface area (Å²) < 4.78 is 11.3. The maximum Gasteiger partial charge on any atom is 0.344 e. The van der Waals surface area contributed by atoms with Crippen molar-refractivity contribution in [2.24, 2.45) is 0 Å². The molecule has 11 heteroatoms. The molecule has 2 aromatic heterocycles. The number of phenols is 1. The maximum atomic E-state index is 12.3. The topological polar surface area (TPSA) is 163 Å². The number of aromatic nitrogens is 5. The van der Waals surface area contributed by atoms with Crippen LogP contribution in [0.1, 0.15) is 20.3 Å². The second kappa shape index (κ2) is 8.99. The number of nitrogens with zero attached hydrogens (tertiary/aromatic N) is 3. The Balaban J connectivity index is 1.76. The molecule has 33 heavy (non-hydrogen) atoms. The van der Waals surface area contributed by atoms with Crippen LogP contribution in [-0.4, -0.2) is 54.3 Å². The number of benzene rings is 2. The van der Waals surface area contributed by atoms with E-state index in [1.54, 1.807) is 31.2 Å². The van der Waals surface area contributed by atoms with Gasteiger partial charge in [-0.15, -0.1) is 10.2 Å². The molecule has 2 aromatic carbocycles. The molecule has 0 fully saturated rings. The van der Waals surface area contributed by atoms with Crippen molar-refractivity contribution in [3.63, 3.8) is 0 Å². The van der Waals surface area contributed by atoms with E-state index in [1.165, 1.54) is 12.1 Å². The fraction of sp³-hybridized carbons (Fsp3) is 0.227. The van der Waals surface area contributed by atoms with Gasteiger partial charge in [0.1, 0.15) is 23.1 Å². The summed E-state index contributed by atoms with van der Waals surface area (Å²) in [7, 11) is 0. The van der Waals surface area contributed by atoms with E-state index in [0.717, 1.165) is 0 Å². The van der Waals surface area contributed by atoms with E-state index in [9.17, 15) is 19.8 Å². The highest BCUT2D eigenvalue weighted by Crippen LogP contribution is 2.36. The number of ether oxygens (including phenoxy) is 2. The highest BCUT2D eigenvalue weighted by Gasteiger charge is 2.18. The van der Waals surface area contributed by atoms with Gasteiger partial charge in [0.2, 0.25) is 5.65 Å². The van der Waals surface area contributed by atoms with Gasteiger partial charge in [-0.25, -0.2) is 9.78 Å². The van der Waals surface area contributed by atoms with Crippen molar-refractivity contribution in [3.05, 3.63) is 46.8 Å². The minimum atomic E-state index is -1.09. The third-order valence-corrected chi connectivity index (χ3v) is 4.88. The molecule has 4 N–H and O–H groups in total. The molecule has 11 nitrogen and oxygen atoms in total. The van der Waals surface area contributed by atoms with Gasteiger partial charge >= 0.3 is 5.97 Å². The molecule has 170 valence electrons. The average molecular weight is 451 g/mol. The predicted molar refractivity (Wildman–Crippen MR) is 118 cm³/mol. The number of carboxylic acid groups (broad SMARTS) is 1. The van der Waals surface area contributed by atoms with Crippen LogP contribution in [0.25, 0.3) is 33.7 Å². The zero-order valence-electron chi connectivity index (χ0n) is 17.8. The first kappa shape index (κ1) is 21.8. The number of nitrogens with one attached hydrogen (secondary N) is 2. The molecule has 0 spiro atoms. The Kier molecular flexibility index (Phi) is 5.94. The lowest BCUT2D eigenvalue weighted by Crippen LogP contribution is -2.25. The largest absolute Gasteiger partial charge is 0.508 e. The van der Waals surface area contributed by atoms with E-state index in [1.807, 2.05) is 6.92 Å². The van der Waals surface area contributed by atoms with Crippen molar-refractivity contribution >= 4 is 17.1 Å².